The van der Waals surface area contributed by atoms with E-state index < -0.39 is 21.7 Å². The minimum Gasteiger partial charge on any atom is -0.497 e. The van der Waals surface area contributed by atoms with Gasteiger partial charge in [0.05, 0.1) is 28.8 Å². The van der Waals surface area contributed by atoms with Crippen LogP contribution >= 0.6 is 0 Å². The summed E-state index contributed by atoms with van der Waals surface area (Å²) in [5.74, 6) is -0.484. The number of carbonyl (C=O) groups excluding carboxylic acids is 1. The first-order valence-electron chi connectivity index (χ1n) is 9.68. The molecule has 1 atom stereocenters. The zero-order chi connectivity index (χ0) is 22.1. The van der Waals surface area contributed by atoms with Gasteiger partial charge in [-0.05, 0) is 57.2 Å². The SMILES string of the molecule is COc1ccc(S(=O)(=O)CC(C)C(=O)Nc2nc3ccccc3n2C(C)(C)C)cc1. The van der Waals surface area contributed by atoms with Crippen LogP contribution in [0.15, 0.2) is 53.4 Å². The van der Waals surface area contributed by atoms with Crippen molar-refractivity contribution in [1.29, 1.82) is 0 Å². The van der Waals surface area contributed by atoms with E-state index in [0.717, 1.165) is 11.0 Å². The second-order valence-corrected chi connectivity index (χ2v) is 10.3. The van der Waals surface area contributed by atoms with Crippen LogP contribution < -0.4 is 10.1 Å². The number of carbonyl (C=O) groups is 1. The number of hydrogen-bond acceptors (Lipinski definition) is 5. The van der Waals surface area contributed by atoms with Crippen molar-refractivity contribution in [3.05, 3.63) is 48.5 Å². The van der Waals surface area contributed by atoms with Crippen molar-refractivity contribution in [2.45, 2.75) is 38.1 Å². The van der Waals surface area contributed by atoms with Crippen molar-refractivity contribution in [1.82, 2.24) is 9.55 Å². The zero-order valence-electron chi connectivity index (χ0n) is 17.8. The number of methoxy groups -OCH3 is 1. The Kier molecular flexibility index (Phi) is 5.90. The number of hydrogen-bond donors (Lipinski definition) is 1. The number of amides is 1. The molecule has 2 aromatic carbocycles. The van der Waals surface area contributed by atoms with Gasteiger partial charge < -0.3 is 9.30 Å². The number of para-hydroxylation sites is 2. The summed E-state index contributed by atoms with van der Waals surface area (Å²) in [5.41, 5.74) is 1.34. The van der Waals surface area contributed by atoms with Crippen LogP contribution in [0, 0.1) is 5.92 Å². The van der Waals surface area contributed by atoms with Crippen LogP contribution in [0.1, 0.15) is 27.7 Å². The second kappa shape index (κ2) is 8.10. The van der Waals surface area contributed by atoms with Gasteiger partial charge in [-0.25, -0.2) is 13.4 Å². The lowest BCUT2D eigenvalue weighted by Crippen LogP contribution is -2.30. The smallest absolute Gasteiger partial charge is 0.230 e. The fourth-order valence-electron chi connectivity index (χ4n) is 3.31. The van der Waals surface area contributed by atoms with Crippen molar-refractivity contribution < 1.29 is 17.9 Å². The van der Waals surface area contributed by atoms with Crippen LogP contribution in [0.4, 0.5) is 5.95 Å². The van der Waals surface area contributed by atoms with E-state index in [1.807, 2.05) is 49.6 Å². The molecule has 0 saturated heterocycles. The molecule has 0 fully saturated rings. The van der Waals surface area contributed by atoms with Crippen LogP contribution in [0.2, 0.25) is 0 Å². The first-order valence-corrected chi connectivity index (χ1v) is 11.3. The van der Waals surface area contributed by atoms with E-state index in [0.29, 0.717) is 11.7 Å². The normalized spacial score (nSPS) is 13.2. The van der Waals surface area contributed by atoms with Crippen molar-refractivity contribution in [2.75, 3.05) is 18.2 Å². The van der Waals surface area contributed by atoms with Crippen molar-refractivity contribution >= 4 is 32.7 Å². The Labute approximate surface area is 177 Å². The van der Waals surface area contributed by atoms with Crippen LogP contribution in [0.3, 0.4) is 0 Å². The number of nitrogens with one attached hydrogen (secondary N) is 1. The summed E-state index contributed by atoms with van der Waals surface area (Å²) in [6.45, 7) is 7.66. The monoisotopic (exact) mass is 429 g/mol. The molecule has 8 heteroatoms. The van der Waals surface area contributed by atoms with Crippen LogP contribution in [-0.4, -0.2) is 36.7 Å². The maximum absolute atomic E-state index is 12.8. The molecule has 0 radical (unpaired) electrons. The first-order chi connectivity index (χ1) is 14.0. The van der Waals surface area contributed by atoms with Gasteiger partial charge >= 0.3 is 0 Å². The molecule has 1 amide bonds. The lowest BCUT2D eigenvalue weighted by Gasteiger charge is -2.25. The predicted octanol–water partition coefficient (Wildman–Crippen LogP) is 3.85. The van der Waals surface area contributed by atoms with Gasteiger partial charge in [-0.1, -0.05) is 19.1 Å². The maximum atomic E-state index is 12.8. The minimum atomic E-state index is -3.63. The number of benzene rings is 2. The van der Waals surface area contributed by atoms with Gasteiger partial charge in [-0.3, -0.25) is 10.1 Å². The molecule has 1 N–H and O–H groups in total. The molecule has 0 spiro atoms. The lowest BCUT2D eigenvalue weighted by atomic mass is 10.1. The first kappa shape index (κ1) is 21.8. The van der Waals surface area contributed by atoms with Crippen molar-refractivity contribution in [3.63, 3.8) is 0 Å². The number of anilines is 1. The molecule has 30 heavy (non-hydrogen) atoms. The van der Waals surface area contributed by atoms with Gasteiger partial charge in [0.2, 0.25) is 11.9 Å². The standard InChI is InChI=1S/C22H27N3O4S/c1-15(14-30(27,28)17-12-10-16(29-5)11-13-17)20(26)24-21-23-18-8-6-7-9-19(18)25(21)22(2,3)4/h6-13,15H,14H2,1-5H3,(H,23,24,26). The van der Waals surface area contributed by atoms with E-state index in [2.05, 4.69) is 10.3 Å². The molecule has 0 bridgehead atoms. The summed E-state index contributed by atoms with van der Waals surface area (Å²) in [4.78, 5) is 17.5. The number of rotatable bonds is 6. The van der Waals surface area contributed by atoms with Crippen LogP contribution in [0.25, 0.3) is 11.0 Å². The Balaban J connectivity index is 1.82. The Morgan fingerprint density at radius 2 is 1.77 bits per heavy atom. The number of aromatic nitrogens is 2. The number of sulfone groups is 1. The van der Waals surface area contributed by atoms with E-state index >= 15 is 0 Å². The van der Waals surface area contributed by atoms with E-state index in [4.69, 9.17) is 4.74 Å². The molecule has 160 valence electrons. The topological polar surface area (TPSA) is 90.3 Å². The van der Waals surface area contributed by atoms with Crippen molar-refractivity contribution in [2.24, 2.45) is 5.92 Å². The van der Waals surface area contributed by atoms with E-state index in [1.165, 1.54) is 19.2 Å². The number of nitrogens with zero attached hydrogens (tertiary/aromatic N) is 2. The van der Waals surface area contributed by atoms with Gasteiger partial charge in [0.1, 0.15) is 5.75 Å². The summed E-state index contributed by atoms with van der Waals surface area (Å²) >= 11 is 0. The minimum absolute atomic E-state index is 0.157. The highest BCUT2D eigenvalue weighted by atomic mass is 32.2. The molecular formula is C22H27N3O4S. The molecular weight excluding hydrogens is 402 g/mol. The van der Waals surface area contributed by atoms with Crippen LogP contribution in [0.5, 0.6) is 5.75 Å². The molecule has 1 unspecified atom stereocenters. The van der Waals surface area contributed by atoms with Gasteiger partial charge in [0, 0.05) is 11.5 Å². The fourth-order valence-corrected chi connectivity index (χ4v) is 4.86. The molecule has 1 aromatic heterocycles. The van der Waals surface area contributed by atoms with Gasteiger partial charge in [0.25, 0.3) is 0 Å². The molecule has 3 aromatic rings. The highest BCUT2D eigenvalue weighted by molar-refractivity contribution is 7.91. The third-order valence-electron chi connectivity index (χ3n) is 4.80. The number of imidazole rings is 1. The fraction of sp³-hybridized carbons (Fsp3) is 0.364. The molecule has 1 heterocycles. The van der Waals surface area contributed by atoms with E-state index in [9.17, 15) is 13.2 Å². The Morgan fingerprint density at radius 1 is 1.13 bits per heavy atom. The molecule has 7 nitrogen and oxygen atoms in total. The van der Waals surface area contributed by atoms with E-state index in [1.54, 1.807) is 19.1 Å². The van der Waals surface area contributed by atoms with Gasteiger partial charge in [-0.15, -0.1) is 0 Å². The molecule has 0 aliphatic rings. The average Bonchev–Trinajstić information content (AvgIpc) is 3.05. The summed E-state index contributed by atoms with van der Waals surface area (Å²) < 4.78 is 32.5. The third-order valence-corrected chi connectivity index (χ3v) is 6.73. The average molecular weight is 430 g/mol. The lowest BCUT2D eigenvalue weighted by molar-refractivity contribution is -0.118. The Morgan fingerprint density at radius 3 is 2.37 bits per heavy atom. The second-order valence-electron chi connectivity index (χ2n) is 8.28. The predicted molar refractivity (Wildman–Crippen MR) is 118 cm³/mol. The largest absolute Gasteiger partial charge is 0.497 e. The van der Waals surface area contributed by atoms with E-state index in [-0.39, 0.29) is 16.2 Å². The molecule has 0 saturated carbocycles. The van der Waals surface area contributed by atoms with Crippen molar-refractivity contribution in [3.8, 4) is 5.75 Å². The van der Waals surface area contributed by atoms with Gasteiger partial charge in [-0.2, -0.15) is 0 Å². The molecule has 3 rings (SSSR count). The Bertz CT molecular complexity index is 1160. The quantitative estimate of drug-likeness (QED) is 0.643. The highest BCUT2D eigenvalue weighted by Crippen LogP contribution is 2.28. The summed E-state index contributed by atoms with van der Waals surface area (Å²) in [6.07, 6.45) is 0. The summed E-state index contributed by atoms with van der Waals surface area (Å²) in [7, 11) is -2.11. The third kappa shape index (κ3) is 4.48. The summed E-state index contributed by atoms with van der Waals surface area (Å²) in [6, 6.07) is 13.8. The van der Waals surface area contributed by atoms with Crippen LogP contribution in [-0.2, 0) is 20.2 Å². The highest BCUT2D eigenvalue weighted by Gasteiger charge is 2.27. The Hall–Kier alpha value is -2.87. The molecule has 0 aliphatic heterocycles. The summed E-state index contributed by atoms with van der Waals surface area (Å²) in [5, 5.41) is 2.83. The van der Waals surface area contributed by atoms with Gasteiger partial charge in [0.15, 0.2) is 9.84 Å². The maximum Gasteiger partial charge on any atom is 0.230 e. The number of fused-ring (bicyclic) bond motifs is 1. The number of ether oxygens (including phenoxy) is 1. The zero-order valence-corrected chi connectivity index (χ0v) is 18.7. The molecule has 0 aliphatic carbocycles.